The van der Waals surface area contributed by atoms with E-state index in [0.717, 1.165) is 17.1 Å². The second-order valence-electron chi connectivity index (χ2n) is 5.91. The summed E-state index contributed by atoms with van der Waals surface area (Å²) in [5.74, 6) is 2.22. The molecule has 6 heteroatoms. The van der Waals surface area contributed by atoms with E-state index < -0.39 is 9.84 Å². The van der Waals surface area contributed by atoms with Crippen LogP contribution in [0.15, 0.2) is 82.6 Å². The number of ether oxygens (including phenoxy) is 1. The molecule has 3 rings (SSSR count). The van der Waals surface area contributed by atoms with E-state index in [0.29, 0.717) is 15.7 Å². The zero-order chi connectivity index (χ0) is 19.3. The third-order valence-corrected chi connectivity index (χ3v) is 7.25. The molecule has 0 aliphatic heterocycles. The van der Waals surface area contributed by atoms with Crippen LogP contribution in [0.5, 0.6) is 5.75 Å². The lowest BCUT2D eigenvalue weighted by molar-refractivity contribution is 0.414. The lowest BCUT2D eigenvalue weighted by Crippen LogP contribution is -2.05. The van der Waals surface area contributed by atoms with Crippen LogP contribution in [0.25, 0.3) is 0 Å². The van der Waals surface area contributed by atoms with Crippen LogP contribution in [0.1, 0.15) is 11.1 Å². The Morgan fingerprint density at radius 1 is 0.889 bits per heavy atom. The van der Waals surface area contributed by atoms with Crippen molar-refractivity contribution < 1.29 is 13.2 Å². The lowest BCUT2D eigenvalue weighted by atomic mass is 10.2. The van der Waals surface area contributed by atoms with E-state index in [1.54, 1.807) is 55.3 Å². The highest BCUT2D eigenvalue weighted by molar-refractivity contribution is 7.97. The molecule has 140 valence electrons. The molecule has 3 aromatic carbocycles. The van der Waals surface area contributed by atoms with Crippen molar-refractivity contribution in [1.82, 2.24) is 0 Å². The van der Waals surface area contributed by atoms with Gasteiger partial charge >= 0.3 is 0 Å². The average molecular weight is 419 g/mol. The first-order chi connectivity index (χ1) is 13.0. The maximum Gasteiger partial charge on any atom is 0.206 e. The first-order valence-corrected chi connectivity index (χ1v) is 11.3. The van der Waals surface area contributed by atoms with Gasteiger partial charge in [-0.1, -0.05) is 41.9 Å². The Labute approximate surface area is 169 Å². The van der Waals surface area contributed by atoms with Crippen molar-refractivity contribution in [2.75, 3.05) is 7.11 Å². The number of sulfone groups is 1. The fourth-order valence-electron chi connectivity index (χ4n) is 2.63. The number of methoxy groups -OCH3 is 1. The summed E-state index contributed by atoms with van der Waals surface area (Å²) in [6.07, 6.45) is 0. The minimum absolute atomic E-state index is 0.250. The summed E-state index contributed by atoms with van der Waals surface area (Å²) in [7, 11) is -1.94. The van der Waals surface area contributed by atoms with Crippen molar-refractivity contribution in [2.45, 2.75) is 21.3 Å². The Morgan fingerprint density at radius 3 is 2.22 bits per heavy atom. The highest BCUT2D eigenvalue weighted by Crippen LogP contribution is 2.28. The zero-order valence-electron chi connectivity index (χ0n) is 14.8. The quantitative estimate of drug-likeness (QED) is 0.499. The molecule has 0 aliphatic carbocycles. The number of benzene rings is 3. The summed E-state index contributed by atoms with van der Waals surface area (Å²) in [5.41, 5.74) is 1.96. The van der Waals surface area contributed by atoms with Crippen LogP contribution in [0, 0.1) is 0 Å². The van der Waals surface area contributed by atoms with Gasteiger partial charge in [0.25, 0.3) is 0 Å². The van der Waals surface area contributed by atoms with E-state index in [9.17, 15) is 8.42 Å². The normalized spacial score (nSPS) is 11.3. The molecule has 0 spiro atoms. The minimum Gasteiger partial charge on any atom is -0.497 e. The van der Waals surface area contributed by atoms with E-state index >= 15 is 0 Å². The van der Waals surface area contributed by atoms with E-state index in [1.165, 1.54) is 5.56 Å². The van der Waals surface area contributed by atoms with Crippen LogP contribution in [0.4, 0.5) is 0 Å². The van der Waals surface area contributed by atoms with E-state index in [-0.39, 0.29) is 4.90 Å². The molecule has 0 saturated carbocycles. The Balaban J connectivity index is 1.76. The third-order valence-electron chi connectivity index (χ3n) is 4.07. The molecule has 0 radical (unpaired) electrons. The third kappa shape index (κ3) is 4.86. The van der Waals surface area contributed by atoms with Gasteiger partial charge in [-0.05, 0) is 53.6 Å². The van der Waals surface area contributed by atoms with Crippen molar-refractivity contribution >= 4 is 33.2 Å². The maximum atomic E-state index is 13.0. The Kier molecular flexibility index (Phi) is 6.47. The number of thioether (sulfide) groups is 1. The summed E-state index contributed by atoms with van der Waals surface area (Å²) in [4.78, 5) is 0.592. The zero-order valence-corrected chi connectivity index (χ0v) is 17.2. The molecule has 3 aromatic rings. The molecule has 0 bridgehead atoms. The molecule has 0 unspecified atom stereocenters. The fourth-order valence-corrected chi connectivity index (χ4v) is 5.34. The smallest absolute Gasteiger partial charge is 0.206 e. The van der Waals surface area contributed by atoms with Crippen LogP contribution in [-0.2, 0) is 21.3 Å². The largest absolute Gasteiger partial charge is 0.497 e. The molecule has 0 N–H and O–H groups in total. The van der Waals surface area contributed by atoms with Gasteiger partial charge in [0.2, 0.25) is 9.84 Å². The Hall–Kier alpha value is -1.95. The van der Waals surface area contributed by atoms with Gasteiger partial charge in [-0.3, -0.25) is 0 Å². The number of hydrogen-bond acceptors (Lipinski definition) is 4. The molecule has 0 heterocycles. The number of rotatable bonds is 7. The van der Waals surface area contributed by atoms with Crippen LogP contribution >= 0.6 is 23.4 Å². The summed E-state index contributed by atoms with van der Waals surface area (Å²) in [6.45, 7) is 0. The summed E-state index contributed by atoms with van der Waals surface area (Å²) in [5, 5.41) is 0.511. The van der Waals surface area contributed by atoms with Crippen molar-refractivity contribution in [3.05, 3.63) is 88.9 Å². The molecule has 0 fully saturated rings. The molecule has 0 atom stereocenters. The summed E-state index contributed by atoms with van der Waals surface area (Å²) >= 11 is 7.55. The topological polar surface area (TPSA) is 43.4 Å². The first kappa shape index (κ1) is 19.8. The minimum atomic E-state index is -3.58. The van der Waals surface area contributed by atoms with Gasteiger partial charge in [0.05, 0.1) is 16.9 Å². The SMILES string of the molecule is COc1ccc(CSCc2ccccc2S(=O)(=O)c2ccc(Cl)cc2)cc1. The van der Waals surface area contributed by atoms with Gasteiger partial charge in [0.15, 0.2) is 0 Å². The van der Waals surface area contributed by atoms with E-state index in [2.05, 4.69) is 0 Å². The van der Waals surface area contributed by atoms with Crippen LogP contribution in [0.2, 0.25) is 5.02 Å². The van der Waals surface area contributed by atoms with Crippen LogP contribution < -0.4 is 4.74 Å². The second kappa shape index (κ2) is 8.83. The Morgan fingerprint density at radius 2 is 1.56 bits per heavy atom. The molecule has 27 heavy (non-hydrogen) atoms. The van der Waals surface area contributed by atoms with Gasteiger partial charge in [0.1, 0.15) is 5.75 Å². The highest BCUT2D eigenvalue weighted by Gasteiger charge is 2.20. The van der Waals surface area contributed by atoms with Crippen molar-refractivity contribution in [2.24, 2.45) is 0 Å². The second-order valence-corrected chi connectivity index (χ2v) is 9.25. The lowest BCUT2D eigenvalue weighted by Gasteiger charge is -2.11. The van der Waals surface area contributed by atoms with Crippen LogP contribution in [0.3, 0.4) is 0 Å². The molecular formula is C21H19ClO3S2. The standard InChI is InChI=1S/C21H19ClO3S2/c1-25-19-10-6-16(7-11-19)14-26-15-17-4-2-3-5-21(17)27(23,24)20-12-8-18(22)9-13-20/h2-13H,14-15H2,1H3. The maximum absolute atomic E-state index is 13.0. The molecule has 0 amide bonds. The van der Waals surface area contributed by atoms with Gasteiger partial charge in [-0.15, -0.1) is 0 Å². The fraction of sp³-hybridized carbons (Fsp3) is 0.143. The van der Waals surface area contributed by atoms with Crippen LogP contribution in [-0.4, -0.2) is 15.5 Å². The highest BCUT2D eigenvalue weighted by atomic mass is 35.5. The Bertz CT molecular complexity index is 998. The number of halogens is 1. The van der Waals surface area contributed by atoms with Gasteiger partial charge < -0.3 is 4.74 Å². The summed E-state index contributed by atoms with van der Waals surface area (Å²) < 4.78 is 31.2. The molecular weight excluding hydrogens is 400 g/mol. The van der Waals surface area contributed by atoms with Gasteiger partial charge in [0, 0.05) is 16.5 Å². The van der Waals surface area contributed by atoms with Gasteiger partial charge in [-0.2, -0.15) is 11.8 Å². The van der Waals surface area contributed by atoms with Crippen molar-refractivity contribution in [3.63, 3.8) is 0 Å². The van der Waals surface area contributed by atoms with Crippen molar-refractivity contribution in [3.8, 4) is 5.75 Å². The molecule has 3 nitrogen and oxygen atoms in total. The predicted molar refractivity (Wildman–Crippen MR) is 111 cm³/mol. The predicted octanol–water partition coefficient (Wildman–Crippen LogP) is 5.61. The number of hydrogen-bond donors (Lipinski definition) is 0. The van der Waals surface area contributed by atoms with E-state index in [4.69, 9.17) is 16.3 Å². The van der Waals surface area contributed by atoms with Crippen molar-refractivity contribution in [1.29, 1.82) is 0 Å². The first-order valence-electron chi connectivity index (χ1n) is 8.30. The molecule has 0 aromatic heterocycles. The van der Waals surface area contributed by atoms with E-state index in [1.807, 2.05) is 36.4 Å². The van der Waals surface area contributed by atoms with Gasteiger partial charge in [-0.25, -0.2) is 8.42 Å². The summed E-state index contributed by atoms with van der Waals surface area (Å²) in [6, 6.07) is 21.3. The monoisotopic (exact) mass is 418 g/mol. The average Bonchev–Trinajstić information content (AvgIpc) is 2.69. The molecule has 0 saturated heterocycles. The molecule has 0 aliphatic rings.